The minimum Gasteiger partial charge on any atom is -0.508 e. The number of hydrogen-bond donors (Lipinski definition) is 22. The summed E-state index contributed by atoms with van der Waals surface area (Å²) in [6, 6.07) is 14.4. The molecule has 8 aliphatic heterocycles. The van der Waals surface area contributed by atoms with Crippen LogP contribution < -0.4 is 76.9 Å². The number of amides is 9. The number of hydrogen-bond acceptors (Lipinski definition) is 30. The Morgan fingerprint density at radius 2 is 1.08 bits per heavy atom. The number of carbonyl (C=O) groups excluding carboxylic acids is 9. The molecule has 8 aliphatic rings. The van der Waals surface area contributed by atoms with E-state index in [0.717, 1.165) is 86.0 Å². The van der Waals surface area contributed by atoms with E-state index in [4.69, 9.17) is 61.1 Å². The van der Waals surface area contributed by atoms with Crippen molar-refractivity contribution in [2.45, 2.75) is 182 Å². The molecule has 22 N–H and O–H groups in total. The van der Waals surface area contributed by atoms with Crippen molar-refractivity contribution in [3.63, 3.8) is 0 Å². The Balaban J connectivity index is 0.975. The number of halogens is 2. The maximum atomic E-state index is 16.9. The number of unbranched alkanes of at least 4 members (excludes halogenated alkanes) is 3. The Labute approximate surface area is 775 Å². The molecule has 8 heterocycles. The van der Waals surface area contributed by atoms with E-state index in [0.29, 0.717) is 24.3 Å². The number of rotatable bonds is 24. The van der Waals surface area contributed by atoms with E-state index in [9.17, 15) is 70.9 Å². The first-order valence-corrected chi connectivity index (χ1v) is 44.2. The van der Waals surface area contributed by atoms with Crippen LogP contribution in [0.1, 0.15) is 134 Å². The third-order valence-corrected chi connectivity index (χ3v) is 23.9. The molecule has 8 aromatic carbocycles. The number of aliphatic hydroxyl groups excluding tert-OH is 8. The second-order valence-corrected chi connectivity index (χ2v) is 34.3. The van der Waals surface area contributed by atoms with Crippen molar-refractivity contribution in [3.8, 4) is 80.1 Å². The molecular formula is C93H102Cl2N10O29. The predicted octanol–water partition coefficient (Wildman–Crippen LogP) is 4.53. The molecule has 0 radical (unpaired) electrons. The fourth-order valence-electron chi connectivity index (χ4n) is 16.3. The van der Waals surface area contributed by atoms with E-state index in [1.54, 1.807) is 30.3 Å². The molecule has 16 rings (SSSR count). The second-order valence-electron chi connectivity index (χ2n) is 33.5. The molecule has 8 aromatic rings. The lowest BCUT2D eigenvalue weighted by molar-refractivity contribution is -0.277. The summed E-state index contributed by atoms with van der Waals surface area (Å²) >= 11 is 14.7. The number of aromatic hydroxyl groups is 4. The SMILES string of the molecule is CC(C)CCCCCCC(=O)N[C@H]1[C@H](Oc2c3cc4cc2Oc2ccc(cc2Cl)C[C@H]2NC(=O)[C@H](NC(=O)OCc5ccccc5)c5ccc(O)c(c5)Oc5cc(O)cc(c5)[C@H](NC2=O)C(=O)N[C@H]4C(=O)N[C@H]2C(=O)N[C@@H](Cc4ccc(c(Cl)c4)O3)C(=O)N[C@H](C(=O)NCCCNCCO)c3cc(O)cc(O[C@H]4O[C@H](CO)[C@@H](O)[C@H](O)[C@@H]4O)c3-c3cc2ccc3O)O[C@H](CO)[C@@H](O)[C@@H]1O. The average molecular weight is 1890 g/mol. The van der Waals surface area contributed by atoms with Crippen molar-refractivity contribution in [2.24, 2.45) is 5.92 Å². The van der Waals surface area contributed by atoms with Crippen molar-refractivity contribution in [2.75, 3.05) is 39.5 Å². The smallest absolute Gasteiger partial charge is 0.408 e. The maximum Gasteiger partial charge on any atom is 0.408 e. The van der Waals surface area contributed by atoms with E-state index in [-0.39, 0.29) is 101 Å². The predicted molar refractivity (Wildman–Crippen MR) is 473 cm³/mol. The fraction of sp³-hybridized carbons (Fsp3) is 0.387. The largest absolute Gasteiger partial charge is 0.508 e. The Bertz CT molecular complexity index is 5680. The van der Waals surface area contributed by atoms with Gasteiger partial charge in [0.25, 0.3) is 0 Å². The first kappa shape index (κ1) is 97.2. The molecule has 0 spiro atoms. The molecule has 0 unspecified atom stereocenters. The van der Waals surface area contributed by atoms with Gasteiger partial charge in [-0.05, 0) is 149 Å². The normalized spacial score (nSPS) is 24.5. The molecule has 17 atom stereocenters. The van der Waals surface area contributed by atoms with E-state index >= 15 is 33.6 Å². The van der Waals surface area contributed by atoms with Gasteiger partial charge in [-0.2, -0.15) is 0 Å². The number of alkyl carbamates (subject to hydrolysis) is 1. The summed E-state index contributed by atoms with van der Waals surface area (Å²) < 4.78 is 50.7. The van der Waals surface area contributed by atoms with Gasteiger partial charge in [0.15, 0.2) is 23.0 Å². The van der Waals surface area contributed by atoms with Gasteiger partial charge in [0.1, 0.15) is 138 Å². The molecule has 134 heavy (non-hydrogen) atoms. The lowest BCUT2D eigenvalue weighted by atomic mass is 9.89. The second kappa shape index (κ2) is 43.4. The Kier molecular flexibility index (Phi) is 31.5. The van der Waals surface area contributed by atoms with Gasteiger partial charge in [0.2, 0.25) is 65.6 Å². The minimum atomic E-state index is -2.41. The molecule has 2 saturated heterocycles. The standard InChI is InChI=1S/C93H102Cl2N10O29/c1-43(2)11-6-3-4-9-14-70(113)100-77-80(116)78(114)68(40-107)132-91(77)134-83-66-35-50-36-67(83)130-63-22-16-46(28-57(63)95)30-59-85(120)104-76(86(121)97-24-10-23-96-25-26-106)55-38-52(110)39-65(131-92-82(118)81(117)79(115)69(41-108)133-92)71(55)54-33-47(17-19-60(54)111)72(87(122)98-59)102-90(125)75(50)103-89(124)74-49-31-51(109)37-53(32-49)128-64-34-48(18-20-61(64)112)73(105-93(126)127-42-44-12-7-5-8-13-44)88(123)99-58(84(119)101-74)29-45-15-21-62(129-66)56(94)27-45/h5,7-8,12-13,15-22,27-28,31-39,43,58-59,68-69,72-82,91-92,96,106-112,114-118H,3-4,6,9-11,14,23-26,29-30,40-42H2,1-2H3,(H,97,121)(H,98,122)(H,99,123)(H,100,113)(H,101,119)(H,102,125)(H,103,124)(H,104,120)(H,105,126)/t58-,59+,68-,69-,72-,73-,74+,75-,76+,77-,78-,79-,80-,81+,82+,91+,92+/m1/s1. The van der Waals surface area contributed by atoms with E-state index in [2.05, 4.69) is 67.0 Å². The van der Waals surface area contributed by atoms with Gasteiger partial charge >= 0.3 is 6.09 Å². The number of carbonyl (C=O) groups is 9. The van der Waals surface area contributed by atoms with Crippen LogP contribution in [0.3, 0.4) is 0 Å². The van der Waals surface area contributed by atoms with E-state index < -0.39 is 257 Å². The summed E-state index contributed by atoms with van der Waals surface area (Å²) in [5, 5.41) is 162. The number of phenolic OH excluding ortho intramolecular Hbond substituents is 4. The van der Waals surface area contributed by atoms with Gasteiger partial charge in [-0.3, -0.25) is 38.4 Å². The van der Waals surface area contributed by atoms with E-state index in [1.807, 2.05) is 0 Å². The summed E-state index contributed by atoms with van der Waals surface area (Å²) in [6.07, 6.45) is -15.9. The third kappa shape index (κ3) is 23.0. The van der Waals surface area contributed by atoms with Crippen LogP contribution in [0.2, 0.25) is 10.0 Å². The van der Waals surface area contributed by atoms with Gasteiger partial charge in [-0.1, -0.05) is 117 Å². The number of ether oxygens (including phenoxy) is 8. The number of phenols is 4. The van der Waals surface area contributed by atoms with Crippen LogP contribution in [-0.2, 0) is 72.0 Å². The highest BCUT2D eigenvalue weighted by Crippen LogP contribution is 2.51. The van der Waals surface area contributed by atoms with Gasteiger partial charge < -0.3 is 152 Å². The van der Waals surface area contributed by atoms with Crippen LogP contribution in [0, 0.1) is 5.92 Å². The highest BCUT2D eigenvalue weighted by Gasteiger charge is 2.50. The monoisotopic (exact) mass is 1890 g/mol. The molecule has 0 aliphatic carbocycles. The number of aliphatic hydroxyl groups is 8. The Hall–Kier alpha value is -12.9. The first-order valence-electron chi connectivity index (χ1n) is 43.4. The van der Waals surface area contributed by atoms with Gasteiger partial charge in [-0.25, -0.2) is 4.79 Å². The first-order chi connectivity index (χ1) is 64.3. The Morgan fingerprint density at radius 3 is 1.73 bits per heavy atom. The number of benzene rings is 8. The highest BCUT2D eigenvalue weighted by atomic mass is 35.5. The van der Waals surface area contributed by atoms with Gasteiger partial charge in [0.05, 0.1) is 29.9 Å². The lowest BCUT2D eigenvalue weighted by Crippen LogP contribution is -2.65. The van der Waals surface area contributed by atoms with Crippen LogP contribution in [0.15, 0.2) is 146 Å². The van der Waals surface area contributed by atoms with Crippen LogP contribution in [0.4, 0.5) is 4.79 Å². The molecule has 2 fully saturated rings. The average Bonchev–Trinajstić information content (AvgIpc) is 0.767. The summed E-state index contributed by atoms with van der Waals surface area (Å²) in [6.45, 7) is 2.05. The van der Waals surface area contributed by atoms with Gasteiger partial charge in [0, 0.05) is 55.6 Å². The molecule has 0 aromatic heterocycles. The molecule has 41 heteroatoms. The molecular weight excluding hydrogens is 1790 g/mol. The third-order valence-electron chi connectivity index (χ3n) is 23.3. The summed E-state index contributed by atoms with van der Waals surface area (Å²) in [5.41, 5.74) is -1.72. The highest BCUT2D eigenvalue weighted by molar-refractivity contribution is 6.32. The zero-order valence-corrected chi connectivity index (χ0v) is 73.6. The molecule has 9 amide bonds. The molecule has 39 nitrogen and oxygen atoms in total. The molecule has 17 bridgehead atoms. The zero-order chi connectivity index (χ0) is 95.5. The Morgan fingerprint density at radius 1 is 0.500 bits per heavy atom. The number of nitrogens with one attached hydrogen (secondary N) is 10. The van der Waals surface area contributed by atoms with Crippen molar-refractivity contribution in [3.05, 3.63) is 200 Å². The zero-order valence-electron chi connectivity index (χ0n) is 72.1. The lowest BCUT2D eigenvalue weighted by Gasteiger charge is -2.42. The van der Waals surface area contributed by atoms with Crippen LogP contribution in [-0.4, -0.2) is 228 Å². The van der Waals surface area contributed by atoms with Crippen molar-refractivity contribution in [1.82, 2.24) is 53.2 Å². The van der Waals surface area contributed by atoms with Crippen molar-refractivity contribution in [1.29, 1.82) is 0 Å². The van der Waals surface area contributed by atoms with Crippen molar-refractivity contribution >= 4 is 76.6 Å². The summed E-state index contributed by atoms with van der Waals surface area (Å²) in [4.78, 5) is 140. The summed E-state index contributed by atoms with van der Waals surface area (Å²) in [5.74, 6) is -15.3. The minimum absolute atomic E-state index is 0.0689. The van der Waals surface area contributed by atoms with E-state index in [1.165, 1.54) is 48.5 Å². The number of fused-ring (bicyclic) bond motifs is 14. The van der Waals surface area contributed by atoms with Crippen LogP contribution >= 0.6 is 23.2 Å². The van der Waals surface area contributed by atoms with Gasteiger partial charge in [-0.15, -0.1) is 0 Å². The molecule has 712 valence electrons. The van der Waals surface area contributed by atoms with Crippen LogP contribution in [0.5, 0.6) is 69.0 Å². The van der Waals surface area contributed by atoms with Crippen LogP contribution in [0.25, 0.3) is 11.1 Å². The van der Waals surface area contributed by atoms with Crippen molar-refractivity contribution < 1.29 is 142 Å². The fourth-order valence-corrected chi connectivity index (χ4v) is 16.8. The maximum absolute atomic E-state index is 16.9. The quantitative estimate of drug-likeness (QED) is 0.0369. The summed E-state index contributed by atoms with van der Waals surface area (Å²) in [7, 11) is 0. The molecule has 0 saturated carbocycles. The topological polar surface area (TPSA) is 591 Å².